The average molecular weight is 295 g/mol. The van der Waals surface area contributed by atoms with Gasteiger partial charge in [-0.2, -0.15) is 0 Å². The molecular formula is C16H20ClFN2. The van der Waals surface area contributed by atoms with Gasteiger partial charge in [-0.3, -0.25) is 0 Å². The average Bonchev–Trinajstić information content (AvgIpc) is 2.89. The maximum atomic E-state index is 13.4. The minimum absolute atomic E-state index is 0.210. The van der Waals surface area contributed by atoms with Crippen molar-refractivity contribution >= 4 is 11.6 Å². The van der Waals surface area contributed by atoms with Gasteiger partial charge >= 0.3 is 0 Å². The zero-order valence-electron chi connectivity index (χ0n) is 11.9. The van der Waals surface area contributed by atoms with Crippen molar-refractivity contribution in [3.05, 3.63) is 58.6 Å². The van der Waals surface area contributed by atoms with Crippen molar-refractivity contribution in [1.29, 1.82) is 0 Å². The highest BCUT2D eigenvalue weighted by atomic mass is 35.5. The Morgan fingerprint density at radius 3 is 2.85 bits per heavy atom. The van der Waals surface area contributed by atoms with Crippen LogP contribution in [0.15, 0.2) is 36.7 Å². The summed E-state index contributed by atoms with van der Waals surface area (Å²) in [5.41, 5.74) is 2.05. The molecule has 0 saturated heterocycles. The van der Waals surface area contributed by atoms with Crippen molar-refractivity contribution in [3.8, 4) is 0 Å². The molecule has 1 heterocycles. The fraction of sp³-hybridized carbons (Fsp3) is 0.375. The van der Waals surface area contributed by atoms with Gasteiger partial charge in [0.1, 0.15) is 5.82 Å². The number of benzene rings is 1. The van der Waals surface area contributed by atoms with Gasteiger partial charge in [0.2, 0.25) is 0 Å². The van der Waals surface area contributed by atoms with Crippen molar-refractivity contribution in [3.63, 3.8) is 0 Å². The fourth-order valence-electron chi connectivity index (χ4n) is 2.40. The molecule has 1 atom stereocenters. The largest absolute Gasteiger partial charge is 0.350 e. The maximum Gasteiger partial charge on any atom is 0.142 e. The van der Waals surface area contributed by atoms with Crippen LogP contribution in [0.4, 0.5) is 4.39 Å². The van der Waals surface area contributed by atoms with E-state index >= 15 is 0 Å². The third kappa shape index (κ3) is 3.41. The van der Waals surface area contributed by atoms with Crippen molar-refractivity contribution in [2.75, 3.05) is 7.05 Å². The minimum Gasteiger partial charge on any atom is -0.350 e. The molecule has 0 saturated carbocycles. The Kier molecular flexibility index (Phi) is 5.21. The van der Waals surface area contributed by atoms with Gasteiger partial charge in [-0.15, -0.1) is 0 Å². The summed E-state index contributed by atoms with van der Waals surface area (Å²) in [7, 11) is 1.97. The molecule has 0 amide bonds. The molecule has 0 bridgehead atoms. The van der Waals surface area contributed by atoms with E-state index in [9.17, 15) is 4.39 Å². The predicted octanol–water partition coefficient (Wildman–Crippen LogP) is 4.39. The first-order chi connectivity index (χ1) is 9.65. The molecule has 0 aliphatic heterocycles. The lowest BCUT2D eigenvalue weighted by molar-refractivity contribution is 0.540. The summed E-state index contributed by atoms with van der Waals surface area (Å²) in [5.74, 6) is -0.365. The van der Waals surface area contributed by atoms with Gasteiger partial charge in [0, 0.05) is 25.0 Å². The normalized spacial score (nSPS) is 12.6. The van der Waals surface area contributed by atoms with Gasteiger partial charge in [0.15, 0.2) is 0 Å². The molecule has 0 spiro atoms. The van der Waals surface area contributed by atoms with E-state index < -0.39 is 0 Å². The van der Waals surface area contributed by atoms with Gasteiger partial charge in [-0.25, -0.2) is 4.39 Å². The van der Waals surface area contributed by atoms with E-state index in [-0.39, 0.29) is 10.8 Å². The lowest BCUT2D eigenvalue weighted by Crippen LogP contribution is -2.15. The summed E-state index contributed by atoms with van der Waals surface area (Å²) in [6, 6.07) is 7.39. The van der Waals surface area contributed by atoms with Crippen LogP contribution in [0.25, 0.3) is 0 Å². The highest BCUT2D eigenvalue weighted by Crippen LogP contribution is 2.22. The lowest BCUT2D eigenvalue weighted by Gasteiger charge is -2.13. The second kappa shape index (κ2) is 6.91. The van der Waals surface area contributed by atoms with Crippen LogP contribution in [0.3, 0.4) is 0 Å². The molecule has 20 heavy (non-hydrogen) atoms. The number of hydrogen-bond acceptors (Lipinski definition) is 1. The number of nitrogens with zero attached hydrogens (tertiary/aromatic N) is 1. The van der Waals surface area contributed by atoms with Gasteiger partial charge in [-0.05, 0) is 36.7 Å². The second-order valence-corrected chi connectivity index (χ2v) is 5.34. The van der Waals surface area contributed by atoms with Crippen LogP contribution in [-0.2, 0) is 6.54 Å². The van der Waals surface area contributed by atoms with E-state index in [1.54, 1.807) is 6.07 Å². The van der Waals surface area contributed by atoms with Crippen LogP contribution < -0.4 is 5.32 Å². The molecule has 0 fully saturated rings. The van der Waals surface area contributed by atoms with E-state index in [0.29, 0.717) is 12.6 Å². The van der Waals surface area contributed by atoms with Crippen LogP contribution in [0.2, 0.25) is 5.02 Å². The van der Waals surface area contributed by atoms with Crippen molar-refractivity contribution in [2.24, 2.45) is 0 Å². The second-order valence-electron chi connectivity index (χ2n) is 4.96. The molecule has 1 aromatic heterocycles. The zero-order valence-corrected chi connectivity index (χ0v) is 12.6. The first-order valence-corrected chi connectivity index (χ1v) is 7.29. The minimum atomic E-state index is -0.365. The zero-order chi connectivity index (χ0) is 14.5. The highest BCUT2D eigenvalue weighted by molar-refractivity contribution is 6.31. The summed E-state index contributed by atoms with van der Waals surface area (Å²) < 4.78 is 15.5. The first-order valence-electron chi connectivity index (χ1n) is 6.91. The molecule has 1 N–H and O–H groups in total. The van der Waals surface area contributed by atoms with E-state index in [1.807, 2.05) is 23.9 Å². The Hall–Kier alpha value is -1.32. The molecule has 2 nitrogen and oxygen atoms in total. The maximum absolute atomic E-state index is 13.4. The third-order valence-corrected chi connectivity index (χ3v) is 3.91. The Balaban J connectivity index is 2.15. The molecule has 0 radical (unpaired) electrons. The summed E-state index contributed by atoms with van der Waals surface area (Å²) in [6.07, 6.45) is 6.34. The van der Waals surface area contributed by atoms with E-state index in [2.05, 4.69) is 24.5 Å². The molecule has 0 aliphatic rings. The highest BCUT2D eigenvalue weighted by Gasteiger charge is 2.11. The molecule has 1 aromatic carbocycles. The van der Waals surface area contributed by atoms with Crippen molar-refractivity contribution in [1.82, 2.24) is 9.88 Å². The van der Waals surface area contributed by atoms with Crippen molar-refractivity contribution in [2.45, 2.75) is 32.4 Å². The number of rotatable bonds is 6. The molecule has 2 rings (SSSR count). The van der Waals surface area contributed by atoms with Crippen LogP contribution in [-0.4, -0.2) is 11.6 Å². The quantitative estimate of drug-likeness (QED) is 0.836. The first kappa shape index (κ1) is 15.1. The molecular weight excluding hydrogens is 275 g/mol. The number of nitrogens with one attached hydrogen (secondary N) is 1. The van der Waals surface area contributed by atoms with Crippen LogP contribution in [0.1, 0.15) is 36.9 Å². The summed E-state index contributed by atoms with van der Waals surface area (Å²) in [6.45, 7) is 2.76. The number of aromatic nitrogens is 1. The van der Waals surface area contributed by atoms with E-state index in [0.717, 1.165) is 18.4 Å². The molecule has 2 aromatic rings. The van der Waals surface area contributed by atoms with Crippen LogP contribution in [0, 0.1) is 5.82 Å². The fourth-order valence-corrected chi connectivity index (χ4v) is 2.58. The van der Waals surface area contributed by atoms with Gasteiger partial charge in [0.05, 0.1) is 5.02 Å². The lowest BCUT2D eigenvalue weighted by atomic mass is 10.1. The van der Waals surface area contributed by atoms with Gasteiger partial charge in [0.25, 0.3) is 0 Å². The van der Waals surface area contributed by atoms with Crippen LogP contribution >= 0.6 is 11.6 Å². The smallest absolute Gasteiger partial charge is 0.142 e. The topological polar surface area (TPSA) is 17.0 Å². The molecule has 1 unspecified atom stereocenters. The summed E-state index contributed by atoms with van der Waals surface area (Å²) in [5, 5.41) is 3.53. The molecule has 4 heteroatoms. The van der Waals surface area contributed by atoms with E-state index in [4.69, 9.17) is 11.6 Å². The molecule has 0 aliphatic carbocycles. The third-order valence-electron chi connectivity index (χ3n) is 3.49. The number of halogens is 2. The molecule has 108 valence electrons. The van der Waals surface area contributed by atoms with Crippen molar-refractivity contribution < 1.29 is 4.39 Å². The SMILES string of the molecule is CCCC(NC)c1ccn(Cc2cccc(F)c2Cl)c1. The summed E-state index contributed by atoms with van der Waals surface area (Å²) >= 11 is 5.99. The summed E-state index contributed by atoms with van der Waals surface area (Å²) in [4.78, 5) is 0. The van der Waals surface area contributed by atoms with Crippen LogP contribution in [0.5, 0.6) is 0 Å². The Bertz CT molecular complexity index is 565. The van der Waals surface area contributed by atoms with Gasteiger partial charge < -0.3 is 9.88 Å². The number of hydrogen-bond donors (Lipinski definition) is 1. The predicted molar refractivity (Wildman–Crippen MR) is 81.7 cm³/mol. The Morgan fingerprint density at radius 2 is 2.15 bits per heavy atom. The Labute approximate surface area is 124 Å². The Morgan fingerprint density at radius 1 is 1.35 bits per heavy atom. The monoisotopic (exact) mass is 294 g/mol. The van der Waals surface area contributed by atoms with E-state index in [1.165, 1.54) is 11.6 Å². The van der Waals surface area contributed by atoms with Gasteiger partial charge in [-0.1, -0.05) is 37.1 Å². The standard InChI is InChI=1S/C16H20ClFN2/c1-3-5-15(19-2)12-8-9-20(10-12)11-13-6-4-7-14(18)16(13)17/h4,6-10,15,19H,3,5,11H2,1-2H3.